The van der Waals surface area contributed by atoms with Crippen molar-refractivity contribution in [3.05, 3.63) is 42.5 Å². The van der Waals surface area contributed by atoms with Crippen LogP contribution in [0.2, 0.25) is 0 Å². The first-order valence-corrected chi connectivity index (χ1v) is 9.82. The van der Waals surface area contributed by atoms with Gasteiger partial charge in [-0.2, -0.15) is 13.2 Å². The van der Waals surface area contributed by atoms with Crippen LogP contribution < -0.4 is 4.90 Å². The molecule has 1 unspecified atom stereocenters. The molecule has 0 saturated heterocycles. The molecule has 1 aliphatic rings. The van der Waals surface area contributed by atoms with Gasteiger partial charge < -0.3 is 24.2 Å². The van der Waals surface area contributed by atoms with Crippen LogP contribution in [0.5, 0.6) is 0 Å². The highest BCUT2D eigenvalue weighted by Crippen LogP contribution is 2.22. The SMILES string of the molecule is CN(C)C(=O)COCCC1CN(c2ncccn2)Cc2cccn2C1.O=C(O)C(F)(F)F. The summed E-state index contributed by atoms with van der Waals surface area (Å²) in [5.41, 5.74) is 1.26. The van der Waals surface area contributed by atoms with Crippen LogP contribution in [0.1, 0.15) is 12.1 Å². The van der Waals surface area contributed by atoms with Gasteiger partial charge in [0.25, 0.3) is 0 Å². The van der Waals surface area contributed by atoms with E-state index < -0.39 is 12.1 Å². The number of hydrogen-bond donors (Lipinski definition) is 1. The van der Waals surface area contributed by atoms with E-state index in [1.54, 1.807) is 31.4 Å². The molecule has 1 amide bonds. The van der Waals surface area contributed by atoms with Gasteiger partial charge in [-0.05, 0) is 30.5 Å². The highest BCUT2D eigenvalue weighted by Gasteiger charge is 2.38. The highest BCUT2D eigenvalue weighted by molar-refractivity contribution is 5.76. The van der Waals surface area contributed by atoms with Crippen LogP contribution in [0, 0.1) is 5.92 Å². The molecule has 1 N–H and O–H groups in total. The lowest BCUT2D eigenvalue weighted by Crippen LogP contribution is -2.30. The van der Waals surface area contributed by atoms with Gasteiger partial charge in [-0.3, -0.25) is 4.79 Å². The lowest BCUT2D eigenvalue weighted by Gasteiger charge is -2.24. The number of aromatic nitrogens is 3. The summed E-state index contributed by atoms with van der Waals surface area (Å²) in [7, 11) is 3.48. The Morgan fingerprint density at radius 2 is 1.88 bits per heavy atom. The summed E-state index contributed by atoms with van der Waals surface area (Å²) < 4.78 is 39.6. The predicted octanol–water partition coefficient (Wildman–Crippen LogP) is 2.04. The number of anilines is 1. The number of ether oxygens (including phenoxy) is 1. The van der Waals surface area contributed by atoms with E-state index in [0.29, 0.717) is 12.5 Å². The first-order valence-electron chi connectivity index (χ1n) is 9.82. The number of aliphatic carboxylic acids is 1. The van der Waals surface area contributed by atoms with Crippen molar-refractivity contribution < 1.29 is 32.6 Å². The fourth-order valence-electron chi connectivity index (χ4n) is 3.01. The average Bonchev–Trinajstić information content (AvgIpc) is 3.09. The minimum atomic E-state index is -5.08. The molecule has 0 bridgehead atoms. The molecule has 32 heavy (non-hydrogen) atoms. The Kier molecular flexibility index (Phi) is 9.00. The molecule has 3 rings (SSSR count). The van der Waals surface area contributed by atoms with E-state index in [1.165, 1.54) is 5.69 Å². The van der Waals surface area contributed by atoms with E-state index in [4.69, 9.17) is 14.6 Å². The minimum absolute atomic E-state index is 0.00660. The largest absolute Gasteiger partial charge is 0.490 e. The van der Waals surface area contributed by atoms with Crippen molar-refractivity contribution in [2.24, 2.45) is 5.92 Å². The van der Waals surface area contributed by atoms with Gasteiger partial charge in [0.05, 0.1) is 6.54 Å². The maximum Gasteiger partial charge on any atom is 0.490 e. The summed E-state index contributed by atoms with van der Waals surface area (Å²) in [5, 5.41) is 7.12. The fraction of sp³-hybridized carbons (Fsp3) is 0.500. The fourth-order valence-corrected chi connectivity index (χ4v) is 3.01. The van der Waals surface area contributed by atoms with E-state index in [-0.39, 0.29) is 12.5 Å². The van der Waals surface area contributed by atoms with Gasteiger partial charge in [-0.25, -0.2) is 14.8 Å². The standard InChI is InChI=1S/C18H25N5O2.C2HF3O2/c1-21(2)17(24)14-25-10-6-15-11-22-9-3-5-16(22)13-23(12-15)18-19-7-4-8-20-18;3-2(4,5)1(6)7/h3-5,7-9,15H,6,10-14H2,1-2H3;(H,6,7). The van der Waals surface area contributed by atoms with E-state index in [1.807, 2.05) is 6.07 Å². The number of alkyl halides is 3. The molecule has 0 aliphatic carbocycles. The number of halogens is 3. The maximum absolute atomic E-state index is 11.6. The molecule has 176 valence electrons. The average molecular weight is 457 g/mol. The van der Waals surface area contributed by atoms with Crippen molar-refractivity contribution in [1.29, 1.82) is 0 Å². The third-order valence-electron chi connectivity index (χ3n) is 4.68. The van der Waals surface area contributed by atoms with Crippen LogP contribution in [-0.4, -0.2) is 76.4 Å². The van der Waals surface area contributed by atoms with Crippen molar-refractivity contribution in [3.8, 4) is 0 Å². The van der Waals surface area contributed by atoms with Gasteiger partial charge in [-0.15, -0.1) is 0 Å². The van der Waals surface area contributed by atoms with Crippen LogP contribution in [0.4, 0.5) is 19.1 Å². The second-order valence-corrected chi connectivity index (χ2v) is 7.38. The molecule has 2 aromatic rings. The Balaban J connectivity index is 0.000000451. The molecular weight excluding hydrogens is 431 g/mol. The summed E-state index contributed by atoms with van der Waals surface area (Å²) in [6.07, 6.45) is 1.48. The molecule has 3 heterocycles. The Morgan fingerprint density at radius 3 is 2.47 bits per heavy atom. The monoisotopic (exact) mass is 457 g/mol. The van der Waals surface area contributed by atoms with Crippen molar-refractivity contribution in [3.63, 3.8) is 0 Å². The van der Waals surface area contributed by atoms with Crippen molar-refractivity contribution in [2.45, 2.75) is 25.7 Å². The van der Waals surface area contributed by atoms with Gasteiger partial charge in [0, 0.05) is 58.1 Å². The summed E-state index contributed by atoms with van der Waals surface area (Å²) in [4.78, 5) is 33.0. The lowest BCUT2D eigenvalue weighted by atomic mass is 10.1. The molecule has 0 saturated carbocycles. The number of nitrogens with zero attached hydrogens (tertiary/aromatic N) is 5. The predicted molar refractivity (Wildman–Crippen MR) is 109 cm³/mol. The van der Waals surface area contributed by atoms with Crippen LogP contribution in [0.25, 0.3) is 0 Å². The molecule has 12 heteroatoms. The molecule has 0 radical (unpaired) electrons. The van der Waals surface area contributed by atoms with Crippen molar-refractivity contribution in [2.75, 3.05) is 38.8 Å². The zero-order valence-corrected chi connectivity index (χ0v) is 17.8. The Hall–Kier alpha value is -3.15. The topological polar surface area (TPSA) is 101 Å². The Bertz CT molecular complexity index is 874. The molecule has 0 aromatic carbocycles. The van der Waals surface area contributed by atoms with E-state index >= 15 is 0 Å². The van der Waals surface area contributed by atoms with E-state index in [0.717, 1.165) is 32.0 Å². The maximum atomic E-state index is 11.6. The number of carbonyl (C=O) groups is 2. The molecule has 0 fully saturated rings. The smallest absolute Gasteiger partial charge is 0.475 e. The third kappa shape index (κ3) is 7.84. The normalized spacial score (nSPS) is 15.8. The zero-order valence-electron chi connectivity index (χ0n) is 17.8. The van der Waals surface area contributed by atoms with E-state index in [2.05, 4.69) is 37.8 Å². The molecule has 1 aliphatic heterocycles. The second kappa shape index (κ2) is 11.5. The first kappa shape index (κ1) is 25.1. The quantitative estimate of drug-likeness (QED) is 0.663. The number of carboxylic acids is 1. The third-order valence-corrected chi connectivity index (χ3v) is 4.68. The summed E-state index contributed by atoms with van der Waals surface area (Å²) in [6.45, 7) is 3.32. The minimum Gasteiger partial charge on any atom is -0.475 e. The second-order valence-electron chi connectivity index (χ2n) is 7.38. The van der Waals surface area contributed by atoms with Gasteiger partial charge in [0.15, 0.2) is 0 Å². The van der Waals surface area contributed by atoms with Gasteiger partial charge in [0.2, 0.25) is 11.9 Å². The Morgan fingerprint density at radius 1 is 1.22 bits per heavy atom. The van der Waals surface area contributed by atoms with E-state index in [9.17, 15) is 18.0 Å². The van der Waals surface area contributed by atoms with Crippen LogP contribution in [0.3, 0.4) is 0 Å². The van der Waals surface area contributed by atoms with Crippen LogP contribution in [0.15, 0.2) is 36.8 Å². The number of likely N-dealkylation sites (N-methyl/N-ethyl adjacent to an activating group) is 1. The van der Waals surface area contributed by atoms with Crippen molar-refractivity contribution in [1.82, 2.24) is 19.4 Å². The van der Waals surface area contributed by atoms with Crippen molar-refractivity contribution >= 4 is 17.8 Å². The Labute approximate surface area is 183 Å². The summed E-state index contributed by atoms with van der Waals surface area (Å²) in [5.74, 6) is -1.60. The van der Waals surface area contributed by atoms with Crippen LogP contribution in [-0.2, 0) is 27.4 Å². The molecule has 1 atom stereocenters. The number of carbonyl (C=O) groups excluding carboxylic acids is 1. The molecular formula is C20H26F3N5O4. The van der Waals surface area contributed by atoms with Gasteiger partial charge >= 0.3 is 12.1 Å². The summed E-state index contributed by atoms with van der Waals surface area (Å²) >= 11 is 0. The summed E-state index contributed by atoms with van der Waals surface area (Å²) in [6, 6.07) is 6.05. The zero-order chi connectivity index (χ0) is 23.7. The molecule has 2 aromatic heterocycles. The highest BCUT2D eigenvalue weighted by atomic mass is 19.4. The number of amides is 1. The number of rotatable bonds is 6. The van der Waals surface area contributed by atoms with Gasteiger partial charge in [0.1, 0.15) is 6.61 Å². The number of carboxylic acid groups (broad SMARTS) is 1. The van der Waals surface area contributed by atoms with Crippen LogP contribution >= 0.6 is 0 Å². The lowest BCUT2D eigenvalue weighted by molar-refractivity contribution is -0.192. The van der Waals surface area contributed by atoms with Gasteiger partial charge in [-0.1, -0.05) is 0 Å². The molecule has 9 nitrogen and oxygen atoms in total. The molecule has 0 spiro atoms. The first-order chi connectivity index (χ1) is 15.1. The number of fused-ring (bicyclic) bond motifs is 1. The number of hydrogen-bond acceptors (Lipinski definition) is 6.